The Bertz CT molecular complexity index is 391. The van der Waals surface area contributed by atoms with Crippen molar-refractivity contribution < 1.29 is 8.78 Å². The normalized spacial score (nSPS) is 12.2. The molecule has 0 fully saturated rings. The third kappa shape index (κ3) is 4.70. The molecule has 0 heterocycles. The van der Waals surface area contributed by atoms with E-state index in [4.69, 9.17) is 0 Å². The molecule has 0 amide bonds. The lowest BCUT2D eigenvalue weighted by atomic mass is 10.1. The lowest BCUT2D eigenvalue weighted by Crippen LogP contribution is -2.46. The van der Waals surface area contributed by atoms with E-state index in [0.717, 1.165) is 12.6 Å². The summed E-state index contributed by atoms with van der Waals surface area (Å²) < 4.78 is 26.4. The van der Waals surface area contributed by atoms with Crippen LogP contribution in [0.4, 0.5) is 8.78 Å². The molecule has 0 aliphatic carbocycles. The number of hydrogen-bond acceptors (Lipinski definition) is 2. The van der Waals surface area contributed by atoms with Crippen LogP contribution in [-0.4, -0.2) is 37.6 Å². The fraction of sp³-hybridized carbons (Fsp3) is 0.571. The number of nitrogens with one attached hydrogen (secondary N) is 1. The molecule has 1 rings (SSSR count). The maximum absolute atomic E-state index is 13.4. The van der Waals surface area contributed by atoms with Gasteiger partial charge in [-0.2, -0.15) is 0 Å². The molecule has 0 saturated heterocycles. The topological polar surface area (TPSA) is 15.3 Å². The smallest absolute Gasteiger partial charge is 0.126 e. The average molecular weight is 256 g/mol. The molecule has 0 aromatic heterocycles. The maximum Gasteiger partial charge on any atom is 0.126 e. The average Bonchev–Trinajstić information content (AvgIpc) is 2.30. The van der Waals surface area contributed by atoms with Gasteiger partial charge in [-0.25, -0.2) is 8.78 Å². The summed E-state index contributed by atoms with van der Waals surface area (Å²) in [5.74, 6) is -0.720. The summed E-state index contributed by atoms with van der Waals surface area (Å²) in [5, 5.41) is 3.22. The van der Waals surface area contributed by atoms with Gasteiger partial charge in [-0.05, 0) is 58.1 Å². The minimum absolute atomic E-state index is 0.00916. The molecule has 0 aliphatic rings. The van der Waals surface area contributed by atoms with Gasteiger partial charge in [0.05, 0.1) is 0 Å². The molecule has 0 bridgehead atoms. The monoisotopic (exact) mass is 256 g/mol. The molecular formula is C14H22F2N2. The number of rotatable bonds is 6. The van der Waals surface area contributed by atoms with Crippen molar-refractivity contribution in [3.63, 3.8) is 0 Å². The van der Waals surface area contributed by atoms with Gasteiger partial charge >= 0.3 is 0 Å². The van der Waals surface area contributed by atoms with Crippen molar-refractivity contribution in [3.05, 3.63) is 35.4 Å². The molecule has 0 radical (unpaired) electrons. The summed E-state index contributed by atoms with van der Waals surface area (Å²) in [6.07, 6.45) is 0.514. The second-order valence-corrected chi connectivity index (χ2v) is 5.36. The van der Waals surface area contributed by atoms with Gasteiger partial charge in [0, 0.05) is 18.6 Å². The van der Waals surface area contributed by atoms with E-state index in [-0.39, 0.29) is 17.2 Å². The van der Waals surface area contributed by atoms with Crippen molar-refractivity contribution >= 4 is 0 Å². The third-order valence-electron chi connectivity index (χ3n) is 3.11. The first-order chi connectivity index (χ1) is 8.34. The van der Waals surface area contributed by atoms with Crippen LogP contribution in [-0.2, 0) is 6.42 Å². The van der Waals surface area contributed by atoms with Crippen LogP contribution in [0, 0.1) is 11.6 Å². The van der Waals surface area contributed by atoms with Crippen LogP contribution in [0.2, 0.25) is 0 Å². The quantitative estimate of drug-likeness (QED) is 0.841. The van der Waals surface area contributed by atoms with Gasteiger partial charge in [-0.3, -0.25) is 0 Å². The zero-order chi connectivity index (χ0) is 13.8. The van der Waals surface area contributed by atoms with Crippen LogP contribution in [0.3, 0.4) is 0 Å². The van der Waals surface area contributed by atoms with E-state index in [1.54, 1.807) is 0 Å². The first kappa shape index (κ1) is 15.1. The summed E-state index contributed by atoms with van der Waals surface area (Å²) in [4.78, 5) is 2.11. The van der Waals surface area contributed by atoms with Gasteiger partial charge in [-0.15, -0.1) is 0 Å². The van der Waals surface area contributed by atoms with Gasteiger partial charge in [0.15, 0.2) is 0 Å². The first-order valence-electron chi connectivity index (χ1n) is 6.15. The van der Waals surface area contributed by atoms with E-state index >= 15 is 0 Å². The highest BCUT2D eigenvalue weighted by atomic mass is 19.1. The summed E-state index contributed by atoms with van der Waals surface area (Å²) >= 11 is 0. The molecule has 1 aromatic carbocycles. The molecule has 4 heteroatoms. The van der Waals surface area contributed by atoms with Crippen molar-refractivity contribution in [1.82, 2.24) is 10.2 Å². The predicted molar refractivity (Wildman–Crippen MR) is 70.7 cm³/mol. The first-order valence-corrected chi connectivity index (χ1v) is 6.15. The molecule has 2 nitrogen and oxygen atoms in total. The molecule has 0 atom stereocenters. The number of likely N-dealkylation sites (N-methyl/N-ethyl adjacent to an activating group) is 2. The van der Waals surface area contributed by atoms with Crippen molar-refractivity contribution in [1.29, 1.82) is 0 Å². The Kier molecular flexibility index (Phi) is 5.23. The van der Waals surface area contributed by atoms with E-state index in [1.165, 1.54) is 12.1 Å². The number of nitrogens with zero attached hydrogens (tertiary/aromatic N) is 1. The molecule has 102 valence electrons. The molecule has 0 unspecified atom stereocenters. The fourth-order valence-electron chi connectivity index (χ4n) is 1.88. The molecule has 18 heavy (non-hydrogen) atoms. The van der Waals surface area contributed by atoms with Gasteiger partial charge in [0.25, 0.3) is 0 Å². The van der Waals surface area contributed by atoms with Crippen LogP contribution in [0.25, 0.3) is 0 Å². The van der Waals surface area contributed by atoms with Crippen molar-refractivity contribution in [3.8, 4) is 0 Å². The van der Waals surface area contributed by atoms with E-state index < -0.39 is 0 Å². The lowest BCUT2D eigenvalue weighted by molar-refractivity contribution is 0.246. The number of halogens is 2. The van der Waals surface area contributed by atoms with Gasteiger partial charge in [-0.1, -0.05) is 0 Å². The maximum atomic E-state index is 13.4. The second kappa shape index (κ2) is 6.25. The largest absolute Gasteiger partial charge is 0.314 e. The Morgan fingerprint density at radius 2 is 1.94 bits per heavy atom. The number of benzene rings is 1. The highest BCUT2D eigenvalue weighted by molar-refractivity contribution is 5.19. The highest BCUT2D eigenvalue weighted by Crippen LogP contribution is 2.11. The van der Waals surface area contributed by atoms with E-state index in [9.17, 15) is 8.78 Å². The highest BCUT2D eigenvalue weighted by Gasteiger charge is 2.17. The van der Waals surface area contributed by atoms with E-state index in [1.807, 2.05) is 14.1 Å². The van der Waals surface area contributed by atoms with Crippen LogP contribution in [0.5, 0.6) is 0 Å². The lowest BCUT2D eigenvalue weighted by Gasteiger charge is -2.30. The summed E-state index contributed by atoms with van der Waals surface area (Å²) in [7, 11) is 3.90. The minimum Gasteiger partial charge on any atom is -0.314 e. The summed E-state index contributed by atoms with van der Waals surface area (Å²) in [5.41, 5.74) is 0.444. The fourth-order valence-corrected chi connectivity index (χ4v) is 1.88. The number of hydrogen-bond donors (Lipinski definition) is 1. The van der Waals surface area contributed by atoms with Crippen LogP contribution in [0.1, 0.15) is 19.4 Å². The van der Waals surface area contributed by atoms with Gasteiger partial charge < -0.3 is 10.2 Å². The van der Waals surface area contributed by atoms with Crippen LogP contribution in [0.15, 0.2) is 18.2 Å². The predicted octanol–water partition coefficient (Wildman–Crippen LogP) is 2.44. The van der Waals surface area contributed by atoms with Crippen molar-refractivity contribution in [2.24, 2.45) is 0 Å². The Labute approximate surface area is 108 Å². The molecule has 0 spiro atoms. The molecule has 0 saturated carbocycles. The van der Waals surface area contributed by atoms with E-state index in [2.05, 4.69) is 24.1 Å². The van der Waals surface area contributed by atoms with Gasteiger partial charge in [0.1, 0.15) is 11.6 Å². The minimum atomic E-state index is -0.385. The van der Waals surface area contributed by atoms with Crippen LogP contribution < -0.4 is 5.32 Å². The zero-order valence-electron chi connectivity index (χ0n) is 11.6. The molecule has 1 N–H and O–H groups in total. The Morgan fingerprint density at radius 1 is 1.28 bits per heavy atom. The molecule has 0 aliphatic heterocycles. The Morgan fingerprint density at radius 3 is 2.56 bits per heavy atom. The van der Waals surface area contributed by atoms with Gasteiger partial charge in [0.2, 0.25) is 0 Å². The van der Waals surface area contributed by atoms with Crippen molar-refractivity contribution in [2.75, 3.05) is 27.2 Å². The van der Waals surface area contributed by atoms with E-state index in [0.29, 0.717) is 18.5 Å². The van der Waals surface area contributed by atoms with Crippen molar-refractivity contribution in [2.45, 2.75) is 25.8 Å². The summed E-state index contributed by atoms with van der Waals surface area (Å²) in [6.45, 7) is 5.75. The molecular weight excluding hydrogens is 234 g/mol. The third-order valence-corrected chi connectivity index (χ3v) is 3.11. The Hall–Kier alpha value is -1.00. The standard InChI is InChI=1S/C14H22F2N2/c1-14(2,17-3)10-18(4)8-7-11-9-12(15)5-6-13(11)16/h5-6,9,17H,7-8,10H2,1-4H3. The zero-order valence-corrected chi connectivity index (χ0v) is 11.6. The second-order valence-electron chi connectivity index (χ2n) is 5.36. The summed E-state index contributed by atoms with van der Waals surface area (Å²) in [6, 6.07) is 3.60. The SMILES string of the molecule is CNC(C)(C)CN(C)CCc1cc(F)ccc1F. The van der Waals surface area contributed by atoms with Crippen LogP contribution >= 0.6 is 0 Å². The Balaban J connectivity index is 2.52. The molecule has 1 aromatic rings.